The Morgan fingerprint density at radius 1 is 1.12 bits per heavy atom. The van der Waals surface area contributed by atoms with Crippen molar-refractivity contribution in [1.29, 1.82) is 0 Å². The maximum absolute atomic E-state index is 12.5. The van der Waals surface area contributed by atoms with Crippen LogP contribution < -0.4 is 14.8 Å². The number of ether oxygens (including phenoxy) is 2. The molecule has 1 heterocycles. The molecule has 1 amide bonds. The molecule has 0 bridgehead atoms. The van der Waals surface area contributed by atoms with E-state index in [9.17, 15) is 4.79 Å². The molecule has 0 aliphatic rings. The van der Waals surface area contributed by atoms with Gasteiger partial charge in [-0.3, -0.25) is 4.79 Å². The normalized spacial score (nSPS) is 11.1. The van der Waals surface area contributed by atoms with Crippen LogP contribution in [0.5, 0.6) is 11.5 Å². The molecule has 0 aliphatic heterocycles. The van der Waals surface area contributed by atoms with E-state index >= 15 is 0 Å². The van der Waals surface area contributed by atoms with E-state index in [1.165, 1.54) is 0 Å². The van der Waals surface area contributed by atoms with Crippen LogP contribution in [0.1, 0.15) is 81.8 Å². The first-order chi connectivity index (χ1) is 15.4. The van der Waals surface area contributed by atoms with Gasteiger partial charge < -0.3 is 24.4 Å². The molecular weight excluding hydrogens is 523 g/mol. The highest BCUT2D eigenvalue weighted by Gasteiger charge is 2.25. The fourth-order valence-corrected chi connectivity index (χ4v) is 3.79. The number of nitrogens with one attached hydrogen (secondary N) is 1. The summed E-state index contributed by atoms with van der Waals surface area (Å²) in [6.45, 7) is 10.1. The molecule has 2 rings (SSSR count). The number of carbonyl (C=O) groups is 1. The molecule has 0 saturated heterocycles. The van der Waals surface area contributed by atoms with E-state index in [4.69, 9.17) is 19.1 Å². The average Bonchev–Trinajstić information content (AvgIpc) is 3.15. The number of nitrogens with zero attached hydrogens (tertiary/aromatic N) is 1. The van der Waals surface area contributed by atoms with E-state index in [-0.39, 0.29) is 24.2 Å². The highest BCUT2D eigenvalue weighted by Crippen LogP contribution is 2.41. The lowest BCUT2D eigenvalue weighted by Crippen LogP contribution is -2.25. The molecule has 1 aromatic heterocycles. The molecule has 1 aromatic carbocycles. The van der Waals surface area contributed by atoms with Crippen molar-refractivity contribution in [1.82, 2.24) is 10.5 Å². The fourth-order valence-electron chi connectivity index (χ4n) is 3.06. The molecule has 32 heavy (non-hydrogen) atoms. The minimum absolute atomic E-state index is 0.0160. The Labute approximate surface area is 204 Å². The molecule has 0 atom stereocenters. The van der Waals surface area contributed by atoms with Gasteiger partial charge in [0.2, 0.25) is 5.76 Å². The van der Waals surface area contributed by atoms with Crippen molar-refractivity contribution in [3.63, 3.8) is 0 Å². The number of rotatable bonds is 14. The predicted molar refractivity (Wildman–Crippen MR) is 134 cm³/mol. The molecule has 7 nitrogen and oxygen atoms in total. The van der Waals surface area contributed by atoms with E-state index in [1.807, 2.05) is 12.1 Å². The second-order valence-electron chi connectivity index (χ2n) is 7.95. The molecular formula is C24H35IN2O5. The highest BCUT2D eigenvalue weighted by atomic mass is 127. The summed E-state index contributed by atoms with van der Waals surface area (Å²) in [5.41, 5.74) is 2.42. The molecule has 0 unspecified atom stereocenters. The minimum Gasteiger partial charge on any atom is -0.493 e. The van der Waals surface area contributed by atoms with E-state index in [0.717, 1.165) is 42.6 Å². The van der Waals surface area contributed by atoms with Gasteiger partial charge in [0.25, 0.3) is 5.91 Å². The second kappa shape index (κ2) is 13.7. The van der Waals surface area contributed by atoms with Crippen molar-refractivity contribution in [3.05, 3.63) is 27.0 Å². The maximum Gasteiger partial charge on any atom is 0.291 e. The van der Waals surface area contributed by atoms with Crippen LogP contribution in [0.3, 0.4) is 0 Å². The number of aliphatic hydroxyl groups excluding tert-OH is 1. The Balaban J connectivity index is 2.45. The summed E-state index contributed by atoms with van der Waals surface area (Å²) in [5, 5.41) is 15.9. The van der Waals surface area contributed by atoms with Crippen LogP contribution in [-0.2, 0) is 0 Å². The third kappa shape index (κ3) is 7.10. The first-order valence-electron chi connectivity index (χ1n) is 11.4. The molecule has 0 fully saturated rings. The van der Waals surface area contributed by atoms with E-state index in [0.29, 0.717) is 41.2 Å². The molecule has 0 spiro atoms. The monoisotopic (exact) mass is 558 g/mol. The summed E-state index contributed by atoms with van der Waals surface area (Å²) in [6, 6.07) is 3.99. The third-order valence-electron chi connectivity index (χ3n) is 4.96. The number of carbonyl (C=O) groups excluding carboxylic acids is 1. The smallest absolute Gasteiger partial charge is 0.291 e. The van der Waals surface area contributed by atoms with Gasteiger partial charge in [-0.05, 0) is 59.4 Å². The van der Waals surface area contributed by atoms with Gasteiger partial charge in [-0.2, -0.15) is 0 Å². The summed E-state index contributed by atoms with van der Waals surface area (Å²) in [5.74, 6) is 1.55. The lowest BCUT2D eigenvalue weighted by molar-refractivity contribution is 0.0913. The highest BCUT2D eigenvalue weighted by molar-refractivity contribution is 14.1. The van der Waals surface area contributed by atoms with Gasteiger partial charge in [0.1, 0.15) is 17.2 Å². The zero-order valence-corrected chi connectivity index (χ0v) is 21.7. The van der Waals surface area contributed by atoms with Crippen LogP contribution in [0.4, 0.5) is 0 Å². The Bertz CT molecular complexity index is 866. The summed E-state index contributed by atoms with van der Waals surface area (Å²) in [7, 11) is 0. The number of aromatic nitrogens is 1. The number of aliphatic hydroxyl groups is 1. The van der Waals surface area contributed by atoms with Crippen molar-refractivity contribution >= 4 is 28.5 Å². The topological polar surface area (TPSA) is 93.8 Å². The van der Waals surface area contributed by atoms with E-state index in [1.54, 1.807) is 0 Å². The van der Waals surface area contributed by atoms with E-state index < -0.39 is 0 Å². The van der Waals surface area contributed by atoms with Crippen LogP contribution >= 0.6 is 22.6 Å². The quantitative estimate of drug-likeness (QED) is 0.234. The molecule has 2 aromatic rings. The standard InChI is InChI=1S/C24H35IN2O5/c1-5-7-12-30-19-15-20(31-13-8-6-2)18(14-17(19)16(3)4)22-21(25)23(32-27-22)24(29)26-10-9-11-28/h14-16,28H,5-13H2,1-4H3,(H,26,29). The van der Waals surface area contributed by atoms with Gasteiger partial charge in [-0.1, -0.05) is 45.7 Å². The lowest BCUT2D eigenvalue weighted by atomic mass is 9.97. The van der Waals surface area contributed by atoms with Crippen LogP contribution in [0.2, 0.25) is 0 Å². The van der Waals surface area contributed by atoms with Crippen LogP contribution in [-0.4, -0.2) is 42.5 Å². The summed E-state index contributed by atoms with van der Waals surface area (Å²) < 4.78 is 18.3. The Hall–Kier alpha value is -1.81. The number of halogens is 1. The van der Waals surface area contributed by atoms with Crippen LogP contribution in [0.25, 0.3) is 11.3 Å². The number of hydrogen-bond acceptors (Lipinski definition) is 6. The number of benzene rings is 1. The summed E-state index contributed by atoms with van der Waals surface area (Å²) in [4.78, 5) is 12.5. The SMILES string of the molecule is CCCCOc1cc(OCCCC)c(C(C)C)cc1-c1noc(C(=O)NCCCO)c1I. The van der Waals surface area contributed by atoms with Gasteiger partial charge in [-0.25, -0.2) is 0 Å². The maximum atomic E-state index is 12.5. The lowest BCUT2D eigenvalue weighted by Gasteiger charge is -2.19. The van der Waals surface area contributed by atoms with Crippen molar-refractivity contribution in [2.24, 2.45) is 0 Å². The van der Waals surface area contributed by atoms with Crippen LogP contribution in [0, 0.1) is 3.57 Å². The molecule has 178 valence electrons. The average molecular weight is 558 g/mol. The molecule has 8 heteroatoms. The minimum atomic E-state index is -0.348. The fraction of sp³-hybridized carbons (Fsp3) is 0.583. The van der Waals surface area contributed by atoms with Gasteiger partial charge in [0.15, 0.2) is 0 Å². The first kappa shape index (κ1) is 26.4. The van der Waals surface area contributed by atoms with Gasteiger partial charge in [0, 0.05) is 24.8 Å². The number of amides is 1. The van der Waals surface area contributed by atoms with E-state index in [2.05, 4.69) is 60.8 Å². The molecule has 0 radical (unpaired) electrons. The van der Waals surface area contributed by atoms with Crippen molar-refractivity contribution < 1.29 is 23.9 Å². The Morgan fingerprint density at radius 3 is 2.38 bits per heavy atom. The van der Waals surface area contributed by atoms with Crippen molar-refractivity contribution in [2.75, 3.05) is 26.4 Å². The summed E-state index contributed by atoms with van der Waals surface area (Å²) in [6.07, 6.45) is 4.50. The number of unbranched alkanes of at least 4 members (excludes halogenated alkanes) is 2. The predicted octanol–water partition coefficient (Wildman–Crippen LogP) is 5.54. The Kier molecular flexibility index (Phi) is 11.3. The van der Waals surface area contributed by atoms with Gasteiger partial charge >= 0.3 is 0 Å². The van der Waals surface area contributed by atoms with Crippen molar-refractivity contribution in [2.45, 2.75) is 65.7 Å². The van der Waals surface area contributed by atoms with Crippen molar-refractivity contribution in [3.8, 4) is 22.8 Å². The molecule has 0 aliphatic carbocycles. The van der Waals surface area contributed by atoms with Crippen LogP contribution in [0.15, 0.2) is 16.7 Å². The first-order valence-corrected chi connectivity index (χ1v) is 12.5. The van der Waals surface area contributed by atoms with Gasteiger partial charge in [0.05, 0.1) is 16.8 Å². The zero-order valence-electron chi connectivity index (χ0n) is 19.5. The van der Waals surface area contributed by atoms with Gasteiger partial charge in [-0.15, -0.1) is 0 Å². The molecule has 0 saturated carbocycles. The largest absolute Gasteiger partial charge is 0.493 e. The third-order valence-corrected chi connectivity index (χ3v) is 5.96. The zero-order chi connectivity index (χ0) is 23.5. The number of hydrogen-bond donors (Lipinski definition) is 2. The molecule has 2 N–H and O–H groups in total. The second-order valence-corrected chi connectivity index (χ2v) is 9.03. The Morgan fingerprint density at radius 2 is 1.78 bits per heavy atom. The summed E-state index contributed by atoms with van der Waals surface area (Å²) >= 11 is 2.09.